The molecule has 4 rings (SSSR count). The Bertz CT molecular complexity index is 1040. The predicted octanol–water partition coefficient (Wildman–Crippen LogP) is 2.81. The van der Waals surface area contributed by atoms with Crippen LogP contribution in [0.15, 0.2) is 29.2 Å². The Morgan fingerprint density at radius 2 is 1.78 bits per heavy atom. The third-order valence-electron chi connectivity index (χ3n) is 7.78. The summed E-state index contributed by atoms with van der Waals surface area (Å²) < 4.78 is 41.3. The number of aliphatic hydroxyl groups excluding tert-OH is 1. The smallest absolute Gasteiger partial charge is 0.410 e. The number of rotatable bonds is 7. The quantitative estimate of drug-likeness (QED) is 0.564. The maximum Gasteiger partial charge on any atom is 0.410 e. The highest BCUT2D eigenvalue weighted by Gasteiger charge is 2.60. The lowest BCUT2D eigenvalue weighted by molar-refractivity contribution is -0.0820. The number of nitrogens with zero attached hydrogens (tertiary/aromatic N) is 3. The lowest BCUT2D eigenvalue weighted by Gasteiger charge is -2.46. The molecule has 0 bridgehead atoms. The minimum absolute atomic E-state index is 0.00401. The average molecular weight is 544 g/mol. The highest BCUT2D eigenvalue weighted by molar-refractivity contribution is 7.89. The highest BCUT2D eigenvalue weighted by Crippen LogP contribution is 2.48. The van der Waals surface area contributed by atoms with Gasteiger partial charge in [0, 0.05) is 36.7 Å². The van der Waals surface area contributed by atoms with Gasteiger partial charge in [-0.15, -0.1) is 0 Å². The second kappa shape index (κ2) is 10.4. The van der Waals surface area contributed by atoms with E-state index in [0.29, 0.717) is 44.0 Å². The Morgan fingerprint density at radius 3 is 2.31 bits per heavy atom. The second-order valence-electron chi connectivity index (χ2n) is 11.0. The van der Waals surface area contributed by atoms with E-state index in [-0.39, 0.29) is 42.2 Å². The summed E-state index contributed by atoms with van der Waals surface area (Å²) >= 11 is 6.01. The number of piperazine rings is 1. The van der Waals surface area contributed by atoms with E-state index in [1.165, 1.54) is 16.4 Å². The highest BCUT2D eigenvalue weighted by atomic mass is 35.5. The summed E-state index contributed by atoms with van der Waals surface area (Å²) in [6, 6.07) is 5.17. The molecule has 202 valence electrons. The maximum absolute atomic E-state index is 13.9. The van der Waals surface area contributed by atoms with Crippen LogP contribution in [0.1, 0.15) is 40.5 Å². The largest absolute Gasteiger partial charge is 0.441 e. The molecule has 0 spiro atoms. The van der Waals surface area contributed by atoms with Crippen molar-refractivity contribution in [2.75, 3.05) is 46.0 Å². The summed E-state index contributed by atoms with van der Waals surface area (Å²) in [4.78, 5) is 17.2. The van der Waals surface area contributed by atoms with Gasteiger partial charge in [-0.2, -0.15) is 4.31 Å². The molecule has 0 unspecified atom stereocenters. The van der Waals surface area contributed by atoms with Gasteiger partial charge in [0.25, 0.3) is 0 Å². The number of sulfonamides is 1. The molecular weight excluding hydrogens is 506 g/mol. The zero-order valence-corrected chi connectivity index (χ0v) is 23.1. The van der Waals surface area contributed by atoms with Crippen LogP contribution < -0.4 is 0 Å². The van der Waals surface area contributed by atoms with Crippen LogP contribution >= 0.6 is 11.6 Å². The van der Waals surface area contributed by atoms with Gasteiger partial charge in [0.05, 0.1) is 36.8 Å². The van der Waals surface area contributed by atoms with E-state index >= 15 is 0 Å². The molecule has 0 aromatic heterocycles. The third-order valence-corrected chi connectivity index (χ3v) is 9.98. The van der Waals surface area contributed by atoms with Gasteiger partial charge in [0.15, 0.2) is 0 Å². The summed E-state index contributed by atoms with van der Waals surface area (Å²) in [6.45, 7) is 10.6. The molecule has 2 saturated heterocycles. The zero-order chi connectivity index (χ0) is 26.3. The van der Waals surface area contributed by atoms with Crippen LogP contribution in [0.2, 0.25) is 5.02 Å². The SMILES string of the molecule is CC(C)[C@@H]1COC[C@H](C2(OC(=O)N3CCN(C(C)(C)CO)CC3)CC2)N1S(=O)(=O)c1ccc(Cl)cc1. The molecule has 2 heterocycles. The fourth-order valence-corrected chi connectivity index (χ4v) is 7.18. The molecule has 1 aromatic rings. The molecule has 1 saturated carbocycles. The van der Waals surface area contributed by atoms with Crippen molar-refractivity contribution in [3.05, 3.63) is 29.3 Å². The average Bonchev–Trinajstić information content (AvgIpc) is 3.64. The van der Waals surface area contributed by atoms with Crippen LogP contribution in [-0.2, 0) is 19.5 Å². The summed E-state index contributed by atoms with van der Waals surface area (Å²) in [5, 5.41) is 10.1. The number of benzene rings is 1. The molecule has 3 aliphatic rings. The Hall–Kier alpha value is -1.43. The summed E-state index contributed by atoms with van der Waals surface area (Å²) in [6.07, 6.45) is 0.744. The maximum atomic E-state index is 13.9. The van der Waals surface area contributed by atoms with Gasteiger partial charge in [-0.1, -0.05) is 25.4 Å². The molecule has 1 amide bonds. The summed E-state index contributed by atoms with van der Waals surface area (Å²) in [7, 11) is -3.89. The molecular formula is C25H38ClN3O6S. The number of aliphatic hydroxyl groups is 1. The minimum atomic E-state index is -3.89. The normalized spacial score (nSPS) is 25.7. The van der Waals surface area contributed by atoms with E-state index in [1.807, 2.05) is 27.7 Å². The Kier molecular flexibility index (Phi) is 7.96. The molecule has 2 aliphatic heterocycles. The van der Waals surface area contributed by atoms with Gasteiger partial charge in [-0.3, -0.25) is 4.90 Å². The monoisotopic (exact) mass is 543 g/mol. The summed E-state index contributed by atoms with van der Waals surface area (Å²) in [5.41, 5.74) is -1.26. The number of carbonyl (C=O) groups is 1. The minimum Gasteiger partial charge on any atom is -0.441 e. The van der Waals surface area contributed by atoms with E-state index < -0.39 is 27.8 Å². The van der Waals surface area contributed by atoms with E-state index in [4.69, 9.17) is 21.1 Å². The number of hydrogen-bond donors (Lipinski definition) is 1. The third kappa shape index (κ3) is 5.39. The topological polar surface area (TPSA) is 99.6 Å². The summed E-state index contributed by atoms with van der Waals surface area (Å²) in [5.74, 6) is 0.00401. The zero-order valence-electron chi connectivity index (χ0n) is 21.5. The lowest BCUT2D eigenvalue weighted by Crippen LogP contribution is -2.62. The number of carbonyl (C=O) groups excluding carboxylic acids is 1. The fraction of sp³-hybridized carbons (Fsp3) is 0.720. The van der Waals surface area contributed by atoms with Gasteiger partial charge in [-0.25, -0.2) is 13.2 Å². The predicted molar refractivity (Wildman–Crippen MR) is 136 cm³/mol. The number of ether oxygens (including phenoxy) is 2. The van der Waals surface area contributed by atoms with Gasteiger partial charge >= 0.3 is 6.09 Å². The molecule has 0 radical (unpaired) electrons. The second-order valence-corrected chi connectivity index (χ2v) is 13.3. The lowest BCUT2D eigenvalue weighted by atomic mass is 9.99. The molecule has 3 fully saturated rings. The Labute approximate surface area is 219 Å². The van der Waals surface area contributed by atoms with Crippen LogP contribution in [-0.4, -0.2) is 103 Å². The molecule has 2 atom stereocenters. The first-order chi connectivity index (χ1) is 16.9. The van der Waals surface area contributed by atoms with Crippen molar-refractivity contribution < 1.29 is 27.8 Å². The van der Waals surface area contributed by atoms with Crippen molar-refractivity contribution in [1.82, 2.24) is 14.1 Å². The van der Waals surface area contributed by atoms with Crippen molar-refractivity contribution >= 4 is 27.7 Å². The number of halogens is 1. The van der Waals surface area contributed by atoms with Crippen LogP contribution in [0.5, 0.6) is 0 Å². The van der Waals surface area contributed by atoms with Crippen molar-refractivity contribution in [3.8, 4) is 0 Å². The van der Waals surface area contributed by atoms with E-state index in [0.717, 1.165) is 0 Å². The van der Waals surface area contributed by atoms with E-state index in [2.05, 4.69) is 4.90 Å². The molecule has 11 heteroatoms. The molecule has 1 N–H and O–H groups in total. The number of hydrogen-bond acceptors (Lipinski definition) is 7. The van der Waals surface area contributed by atoms with Gasteiger partial charge < -0.3 is 19.5 Å². The van der Waals surface area contributed by atoms with Crippen LogP contribution in [0, 0.1) is 5.92 Å². The van der Waals surface area contributed by atoms with Crippen LogP contribution in [0.4, 0.5) is 4.79 Å². The Balaban J connectivity index is 1.54. The molecule has 36 heavy (non-hydrogen) atoms. The molecule has 1 aromatic carbocycles. The van der Waals surface area contributed by atoms with Crippen molar-refractivity contribution in [3.63, 3.8) is 0 Å². The van der Waals surface area contributed by atoms with Crippen LogP contribution in [0.3, 0.4) is 0 Å². The molecule has 9 nitrogen and oxygen atoms in total. The van der Waals surface area contributed by atoms with E-state index in [1.54, 1.807) is 17.0 Å². The van der Waals surface area contributed by atoms with Crippen molar-refractivity contribution in [2.24, 2.45) is 5.92 Å². The fourth-order valence-electron chi connectivity index (χ4n) is 5.08. The molecule has 1 aliphatic carbocycles. The van der Waals surface area contributed by atoms with Crippen molar-refractivity contribution in [2.45, 2.75) is 68.7 Å². The number of morpholine rings is 1. The Morgan fingerprint density at radius 1 is 1.17 bits per heavy atom. The van der Waals surface area contributed by atoms with Crippen molar-refractivity contribution in [1.29, 1.82) is 0 Å². The van der Waals surface area contributed by atoms with Crippen LogP contribution in [0.25, 0.3) is 0 Å². The van der Waals surface area contributed by atoms with Gasteiger partial charge in [0.1, 0.15) is 5.60 Å². The van der Waals surface area contributed by atoms with Gasteiger partial charge in [-0.05, 0) is 56.9 Å². The van der Waals surface area contributed by atoms with E-state index in [9.17, 15) is 18.3 Å². The standard InChI is InChI=1S/C25H38ClN3O6S/c1-18(2)21-15-34-16-22(29(21)36(32,33)20-7-5-19(26)6-8-20)25(9-10-25)35-23(31)27-11-13-28(14-12-27)24(3,4)17-30/h5-8,18,21-22,30H,9-17H2,1-4H3/t21-,22+/m0/s1. The first-order valence-electron chi connectivity index (χ1n) is 12.6. The number of amides is 1. The van der Waals surface area contributed by atoms with Gasteiger partial charge in [0.2, 0.25) is 10.0 Å². The first-order valence-corrected chi connectivity index (χ1v) is 14.4. The first kappa shape index (κ1) is 27.6.